The smallest absolute Gasteiger partial charge is 0.162 e. The van der Waals surface area contributed by atoms with E-state index in [2.05, 4.69) is 9.97 Å². The first kappa shape index (κ1) is 12.9. The maximum absolute atomic E-state index is 6.05. The fourth-order valence-corrected chi connectivity index (χ4v) is 2.57. The summed E-state index contributed by atoms with van der Waals surface area (Å²) in [7, 11) is 0. The lowest BCUT2D eigenvalue weighted by Crippen LogP contribution is -2.00. The molecule has 0 amide bonds. The van der Waals surface area contributed by atoms with E-state index < -0.39 is 0 Å². The van der Waals surface area contributed by atoms with Gasteiger partial charge in [0.2, 0.25) is 0 Å². The predicted octanol–water partition coefficient (Wildman–Crippen LogP) is 4.15. The van der Waals surface area contributed by atoms with Gasteiger partial charge in [0.15, 0.2) is 5.82 Å². The van der Waals surface area contributed by atoms with E-state index in [1.54, 1.807) is 6.07 Å². The second kappa shape index (κ2) is 4.76. The molecular weight excluding hydrogens is 270 g/mol. The van der Waals surface area contributed by atoms with Gasteiger partial charge in [0.25, 0.3) is 0 Å². The van der Waals surface area contributed by atoms with Gasteiger partial charge in [0, 0.05) is 16.0 Å². The Balaban J connectivity index is 2.32. The molecule has 0 radical (unpaired) electrons. The fourth-order valence-electron chi connectivity index (χ4n) is 2.41. The Morgan fingerprint density at radius 1 is 1.00 bits per heavy atom. The number of hydrogen-bond donors (Lipinski definition) is 1. The highest BCUT2D eigenvalue weighted by Crippen LogP contribution is 2.28. The normalized spacial score (nSPS) is 10.9. The quantitative estimate of drug-likeness (QED) is 0.730. The van der Waals surface area contributed by atoms with E-state index in [0.29, 0.717) is 16.7 Å². The number of aromatic nitrogens is 2. The topological polar surface area (TPSA) is 51.8 Å². The molecule has 1 aromatic heterocycles. The van der Waals surface area contributed by atoms with Gasteiger partial charge in [-0.3, -0.25) is 0 Å². The Morgan fingerprint density at radius 3 is 2.40 bits per heavy atom. The first-order valence-corrected chi connectivity index (χ1v) is 6.73. The second-order valence-corrected chi connectivity index (χ2v) is 5.30. The lowest BCUT2D eigenvalue weighted by atomic mass is 10.0. The van der Waals surface area contributed by atoms with Crippen LogP contribution in [0.25, 0.3) is 22.3 Å². The van der Waals surface area contributed by atoms with Gasteiger partial charge in [0.1, 0.15) is 5.82 Å². The summed E-state index contributed by atoms with van der Waals surface area (Å²) < 4.78 is 0. The molecule has 3 aromatic rings. The van der Waals surface area contributed by atoms with Gasteiger partial charge in [-0.2, -0.15) is 0 Å². The number of anilines is 1. The molecule has 0 aliphatic heterocycles. The van der Waals surface area contributed by atoms with Crippen LogP contribution in [0, 0.1) is 13.8 Å². The van der Waals surface area contributed by atoms with Crippen molar-refractivity contribution >= 4 is 28.3 Å². The van der Waals surface area contributed by atoms with Crippen LogP contribution in [-0.4, -0.2) is 9.97 Å². The third-order valence-electron chi connectivity index (χ3n) is 3.39. The first-order chi connectivity index (χ1) is 9.56. The summed E-state index contributed by atoms with van der Waals surface area (Å²) >= 11 is 6.03. The van der Waals surface area contributed by atoms with Crippen LogP contribution in [0.5, 0.6) is 0 Å². The molecule has 0 atom stereocenters. The zero-order valence-corrected chi connectivity index (χ0v) is 12.1. The molecule has 0 aliphatic rings. The molecule has 0 unspecified atom stereocenters. The summed E-state index contributed by atoms with van der Waals surface area (Å²) in [5, 5.41) is 1.47. The molecule has 4 heteroatoms. The van der Waals surface area contributed by atoms with Crippen molar-refractivity contribution in [2.75, 3.05) is 5.73 Å². The minimum absolute atomic E-state index is 0.476. The molecule has 3 nitrogen and oxygen atoms in total. The summed E-state index contributed by atoms with van der Waals surface area (Å²) in [6, 6.07) is 11.6. The minimum atomic E-state index is 0.476. The molecule has 0 saturated heterocycles. The Hall–Kier alpha value is -2.13. The monoisotopic (exact) mass is 283 g/mol. The number of hydrogen-bond acceptors (Lipinski definition) is 3. The van der Waals surface area contributed by atoms with E-state index in [4.69, 9.17) is 17.3 Å². The van der Waals surface area contributed by atoms with Crippen molar-refractivity contribution in [3.05, 3.63) is 52.5 Å². The summed E-state index contributed by atoms with van der Waals surface area (Å²) in [5.74, 6) is 1.12. The van der Waals surface area contributed by atoms with Gasteiger partial charge in [-0.25, -0.2) is 9.97 Å². The lowest BCUT2D eigenvalue weighted by molar-refractivity contribution is 1.20. The molecule has 1 heterocycles. The van der Waals surface area contributed by atoms with E-state index >= 15 is 0 Å². The predicted molar refractivity (Wildman–Crippen MR) is 83.9 cm³/mol. The maximum Gasteiger partial charge on any atom is 0.162 e. The van der Waals surface area contributed by atoms with Crippen LogP contribution < -0.4 is 5.73 Å². The third-order valence-corrected chi connectivity index (χ3v) is 3.63. The summed E-state index contributed by atoms with van der Waals surface area (Å²) in [5.41, 5.74) is 10.1. The van der Waals surface area contributed by atoms with Crippen LogP contribution in [0.15, 0.2) is 36.4 Å². The number of fused-ring (bicyclic) bond motifs is 1. The van der Waals surface area contributed by atoms with Crippen molar-refractivity contribution in [1.29, 1.82) is 0 Å². The summed E-state index contributed by atoms with van der Waals surface area (Å²) in [6.07, 6.45) is 0. The molecule has 2 aromatic carbocycles. The van der Waals surface area contributed by atoms with E-state index in [1.165, 1.54) is 0 Å². The molecule has 2 N–H and O–H groups in total. The molecular formula is C16H14ClN3. The average molecular weight is 284 g/mol. The standard InChI is InChI=1S/C16H14ClN3/c1-9-4-3-5-10(2)14(9)16-19-13-8-11(17)6-7-12(13)15(18)20-16/h3-8H,1-2H3,(H2,18,19,20). The molecule has 0 bridgehead atoms. The van der Waals surface area contributed by atoms with Gasteiger partial charge in [-0.1, -0.05) is 29.8 Å². The SMILES string of the molecule is Cc1cccc(C)c1-c1nc(N)c2ccc(Cl)cc2n1. The molecule has 100 valence electrons. The Labute approximate surface area is 122 Å². The van der Waals surface area contributed by atoms with Crippen molar-refractivity contribution in [2.24, 2.45) is 0 Å². The van der Waals surface area contributed by atoms with Gasteiger partial charge in [-0.05, 0) is 43.2 Å². The van der Waals surface area contributed by atoms with Crippen LogP contribution >= 0.6 is 11.6 Å². The van der Waals surface area contributed by atoms with E-state index in [1.807, 2.05) is 44.2 Å². The zero-order chi connectivity index (χ0) is 14.3. The minimum Gasteiger partial charge on any atom is -0.383 e. The molecule has 20 heavy (non-hydrogen) atoms. The van der Waals surface area contributed by atoms with Crippen molar-refractivity contribution in [3.63, 3.8) is 0 Å². The lowest BCUT2D eigenvalue weighted by Gasteiger charge is -2.10. The molecule has 3 rings (SSSR count). The highest BCUT2D eigenvalue weighted by Gasteiger charge is 2.11. The molecule has 0 fully saturated rings. The summed E-state index contributed by atoms with van der Waals surface area (Å²) in [4.78, 5) is 9.06. The van der Waals surface area contributed by atoms with Crippen LogP contribution in [0.1, 0.15) is 11.1 Å². The van der Waals surface area contributed by atoms with Gasteiger partial charge < -0.3 is 5.73 Å². The fraction of sp³-hybridized carbons (Fsp3) is 0.125. The Kier molecular flexibility index (Phi) is 3.07. The van der Waals surface area contributed by atoms with Gasteiger partial charge in [-0.15, -0.1) is 0 Å². The number of rotatable bonds is 1. The van der Waals surface area contributed by atoms with E-state index in [0.717, 1.165) is 27.6 Å². The zero-order valence-electron chi connectivity index (χ0n) is 11.3. The maximum atomic E-state index is 6.05. The van der Waals surface area contributed by atoms with Crippen LogP contribution in [0.2, 0.25) is 5.02 Å². The third kappa shape index (κ3) is 2.10. The number of nitrogen functional groups attached to an aromatic ring is 1. The van der Waals surface area contributed by atoms with Crippen molar-refractivity contribution in [2.45, 2.75) is 13.8 Å². The molecule has 0 spiro atoms. The Morgan fingerprint density at radius 2 is 1.70 bits per heavy atom. The van der Waals surface area contributed by atoms with Crippen LogP contribution in [0.3, 0.4) is 0 Å². The number of aryl methyl sites for hydroxylation is 2. The summed E-state index contributed by atoms with van der Waals surface area (Å²) in [6.45, 7) is 4.09. The largest absolute Gasteiger partial charge is 0.383 e. The van der Waals surface area contributed by atoms with Crippen LogP contribution in [-0.2, 0) is 0 Å². The number of benzene rings is 2. The molecule has 0 aliphatic carbocycles. The van der Waals surface area contributed by atoms with E-state index in [9.17, 15) is 0 Å². The van der Waals surface area contributed by atoms with Crippen molar-refractivity contribution in [3.8, 4) is 11.4 Å². The van der Waals surface area contributed by atoms with Gasteiger partial charge >= 0.3 is 0 Å². The number of nitrogens with two attached hydrogens (primary N) is 1. The highest BCUT2D eigenvalue weighted by molar-refractivity contribution is 6.31. The number of nitrogens with zero attached hydrogens (tertiary/aromatic N) is 2. The van der Waals surface area contributed by atoms with Crippen LogP contribution in [0.4, 0.5) is 5.82 Å². The second-order valence-electron chi connectivity index (χ2n) is 4.86. The first-order valence-electron chi connectivity index (χ1n) is 6.35. The van der Waals surface area contributed by atoms with Gasteiger partial charge in [0.05, 0.1) is 5.52 Å². The van der Waals surface area contributed by atoms with Crippen molar-refractivity contribution < 1.29 is 0 Å². The molecule has 0 saturated carbocycles. The highest BCUT2D eigenvalue weighted by atomic mass is 35.5. The van der Waals surface area contributed by atoms with E-state index in [-0.39, 0.29) is 0 Å². The average Bonchev–Trinajstić information content (AvgIpc) is 2.38. The number of halogens is 1. The Bertz CT molecular complexity index is 792. The van der Waals surface area contributed by atoms with Crippen molar-refractivity contribution in [1.82, 2.24) is 9.97 Å².